The molecule has 0 unspecified atom stereocenters. The Morgan fingerprint density at radius 3 is 2.74 bits per heavy atom. The van der Waals surface area contributed by atoms with Crippen LogP contribution >= 0.6 is 0 Å². The van der Waals surface area contributed by atoms with Crippen molar-refractivity contribution < 1.29 is 22.3 Å². The average Bonchev–Trinajstić information content (AvgIpc) is 2.32. The molecule has 0 aliphatic rings. The molecule has 1 rings (SSSR count). The standard InChI is InChI=1S/C12H16F4N2O/c1-2-5-17-8-9-3-6-18-11(10(9)13)19-7-4-12(14,15)16/h3,6,17H,2,4-5,7-8H2,1H3. The third kappa shape index (κ3) is 5.87. The largest absolute Gasteiger partial charge is 0.475 e. The molecule has 0 bridgehead atoms. The van der Waals surface area contributed by atoms with Crippen LogP contribution in [0.2, 0.25) is 0 Å². The predicted molar refractivity (Wildman–Crippen MR) is 62.4 cm³/mol. The van der Waals surface area contributed by atoms with E-state index in [1.807, 2.05) is 6.92 Å². The van der Waals surface area contributed by atoms with Gasteiger partial charge in [0.2, 0.25) is 0 Å². The fourth-order valence-corrected chi connectivity index (χ4v) is 1.36. The second-order valence-electron chi connectivity index (χ2n) is 3.98. The van der Waals surface area contributed by atoms with E-state index in [4.69, 9.17) is 4.74 Å². The van der Waals surface area contributed by atoms with Gasteiger partial charge in [0.25, 0.3) is 5.88 Å². The Balaban J connectivity index is 2.56. The van der Waals surface area contributed by atoms with Crippen LogP contribution in [0.25, 0.3) is 0 Å². The van der Waals surface area contributed by atoms with E-state index < -0.39 is 25.0 Å². The summed E-state index contributed by atoms with van der Waals surface area (Å²) >= 11 is 0. The molecule has 0 radical (unpaired) electrons. The molecule has 1 heterocycles. The number of nitrogens with one attached hydrogen (secondary N) is 1. The van der Waals surface area contributed by atoms with E-state index >= 15 is 0 Å². The molecule has 1 aromatic rings. The average molecular weight is 280 g/mol. The molecular weight excluding hydrogens is 264 g/mol. The van der Waals surface area contributed by atoms with Crippen LogP contribution in [0.5, 0.6) is 5.88 Å². The smallest absolute Gasteiger partial charge is 0.392 e. The highest BCUT2D eigenvalue weighted by Gasteiger charge is 2.27. The van der Waals surface area contributed by atoms with E-state index in [0.717, 1.165) is 13.0 Å². The van der Waals surface area contributed by atoms with Crippen molar-refractivity contribution in [2.45, 2.75) is 32.5 Å². The molecule has 0 fully saturated rings. The van der Waals surface area contributed by atoms with Gasteiger partial charge in [-0.3, -0.25) is 0 Å². The van der Waals surface area contributed by atoms with Crippen LogP contribution in [-0.2, 0) is 6.54 Å². The SMILES string of the molecule is CCCNCc1ccnc(OCCC(F)(F)F)c1F. The third-order valence-corrected chi connectivity index (χ3v) is 2.30. The van der Waals surface area contributed by atoms with E-state index in [2.05, 4.69) is 10.3 Å². The van der Waals surface area contributed by atoms with E-state index in [-0.39, 0.29) is 12.4 Å². The van der Waals surface area contributed by atoms with Crippen LogP contribution in [0.1, 0.15) is 25.3 Å². The molecule has 108 valence electrons. The molecule has 0 saturated carbocycles. The molecule has 19 heavy (non-hydrogen) atoms. The molecule has 1 aromatic heterocycles. The maximum Gasteiger partial charge on any atom is 0.392 e. The van der Waals surface area contributed by atoms with Crippen LogP contribution < -0.4 is 10.1 Å². The molecule has 3 nitrogen and oxygen atoms in total. The van der Waals surface area contributed by atoms with Gasteiger partial charge >= 0.3 is 6.18 Å². The predicted octanol–water partition coefficient (Wildman–Crippen LogP) is 3.05. The van der Waals surface area contributed by atoms with Gasteiger partial charge in [0, 0.05) is 18.3 Å². The molecule has 0 amide bonds. The minimum atomic E-state index is -4.32. The van der Waals surface area contributed by atoms with E-state index in [9.17, 15) is 17.6 Å². The first-order chi connectivity index (χ1) is 8.94. The van der Waals surface area contributed by atoms with Gasteiger partial charge in [0.15, 0.2) is 5.82 Å². The molecule has 7 heteroatoms. The quantitative estimate of drug-likeness (QED) is 0.615. The van der Waals surface area contributed by atoms with Crippen LogP contribution in [0, 0.1) is 5.82 Å². The molecule has 1 N–H and O–H groups in total. The summed E-state index contributed by atoms with van der Waals surface area (Å²) in [5.41, 5.74) is 0.324. The van der Waals surface area contributed by atoms with Gasteiger partial charge in [-0.05, 0) is 19.0 Å². The Hall–Kier alpha value is -1.37. The monoisotopic (exact) mass is 280 g/mol. The normalized spacial score (nSPS) is 11.6. The van der Waals surface area contributed by atoms with Gasteiger partial charge in [0.1, 0.15) is 0 Å². The lowest BCUT2D eigenvalue weighted by Crippen LogP contribution is -2.16. The molecule has 0 aliphatic heterocycles. The number of halogens is 4. The molecule has 0 spiro atoms. The Morgan fingerprint density at radius 2 is 2.11 bits per heavy atom. The number of hydrogen-bond acceptors (Lipinski definition) is 3. The van der Waals surface area contributed by atoms with Crippen LogP contribution in [0.15, 0.2) is 12.3 Å². The Bertz CT molecular complexity index is 396. The summed E-state index contributed by atoms with van der Waals surface area (Å²) in [6.45, 7) is 2.35. The lowest BCUT2D eigenvalue weighted by Gasteiger charge is -2.10. The highest BCUT2D eigenvalue weighted by molar-refractivity contribution is 5.23. The highest BCUT2D eigenvalue weighted by atomic mass is 19.4. The first kappa shape index (κ1) is 15.7. The number of pyridine rings is 1. The summed E-state index contributed by atoms with van der Waals surface area (Å²) in [6, 6.07) is 1.47. The number of nitrogens with zero attached hydrogens (tertiary/aromatic N) is 1. The molecule has 0 saturated heterocycles. The summed E-state index contributed by atoms with van der Waals surface area (Å²) in [4.78, 5) is 3.59. The molecule has 0 aromatic carbocycles. The number of rotatable bonds is 7. The number of hydrogen-bond donors (Lipinski definition) is 1. The zero-order valence-electron chi connectivity index (χ0n) is 10.6. The Kier molecular flexibility index (Phi) is 6.01. The van der Waals surface area contributed by atoms with Gasteiger partial charge in [-0.15, -0.1) is 0 Å². The lowest BCUT2D eigenvalue weighted by atomic mass is 10.2. The highest BCUT2D eigenvalue weighted by Crippen LogP contribution is 2.21. The fraction of sp³-hybridized carbons (Fsp3) is 0.583. The van der Waals surface area contributed by atoms with Crippen molar-refractivity contribution in [2.75, 3.05) is 13.2 Å². The van der Waals surface area contributed by atoms with E-state index in [1.54, 1.807) is 0 Å². The van der Waals surface area contributed by atoms with Crippen LogP contribution in [-0.4, -0.2) is 24.3 Å². The Labute approximate surface area is 109 Å². The van der Waals surface area contributed by atoms with Crippen LogP contribution in [0.4, 0.5) is 17.6 Å². The number of aromatic nitrogens is 1. The first-order valence-corrected chi connectivity index (χ1v) is 5.97. The fourth-order valence-electron chi connectivity index (χ4n) is 1.36. The minimum absolute atomic E-state index is 0.290. The molecule has 0 aliphatic carbocycles. The van der Waals surface area contributed by atoms with Gasteiger partial charge in [-0.25, -0.2) is 9.37 Å². The first-order valence-electron chi connectivity index (χ1n) is 5.97. The maximum atomic E-state index is 13.8. The minimum Gasteiger partial charge on any atom is -0.475 e. The maximum absolute atomic E-state index is 13.8. The van der Waals surface area contributed by atoms with Crippen molar-refractivity contribution in [1.29, 1.82) is 0 Å². The van der Waals surface area contributed by atoms with Crippen molar-refractivity contribution in [3.8, 4) is 5.88 Å². The van der Waals surface area contributed by atoms with Gasteiger partial charge in [-0.2, -0.15) is 13.2 Å². The number of ether oxygens (including phenoxy) is 1. The molecule has 0 atom stereocenters. The summed E-state index contributed by atoms with van der Waals surface area (Å²) in [5, 5.41) is 3.00. The van der Waals surface area contributed by atoms with Crippen molar-refractivity contribution >= 4 is 0 Å². The van der Waals surface area contributed by atoms with Crippen molar-refractivity contribution in [2.24, 2.45) is 0 Å². The third-order valence-electron chi connectivity index (χ3n) is 2.30. The summed E-state index contributed by atoms with van der Waals surface area (Å²) in [7, 11) is 0. The summed E-state index contributed by atoms with van der Waals surface area (Å²) < 4.78 is 54.4. The van der Waals surface area contributed by atoms with Gasteiger partial charge in [0.05, 0.1) is 13.0 Å². The van der Waals surface area contributed by atoms with Crippen LogP contribution in [0.3, 0.4) is 0 Å². The zero-order valence-corrected chi connectivity index (χ0v) is 10.6. The lowest BCUT2D eigenvalue weighted by molar-refractivity contribution is -0.139. The van der Waals surface area contributed by atoms with Crippen molar-refractivity contribution in [3.63, 3.8) is 0 Å². The number of alkyl halides is 3. The molecular formula is C12H16F4N2O. The zero-order chi connectivity index (χ0) is 14.3. The van der Waals surface area contributed by atoms with E-state index in [0.29, 0.717) is 5.56 Å². The Morgan fingerprint density at radius 1 is 1.37 bits per heavy atom. The second kappa shape index (κ2) is 7.28. The summed E-state index contributed by atoms with van der Waals surface area (Å²) in [5.74, 6) is -1.10. The van der Waals surface area contributed by atoms with E-state index in [1.165, 1.54) is 12.3 Å². The van der Waals surface area contributed by atoms with Crippen molar-refractivity contribution in [1.82, 2.24) is 10.3 Å². The van der Waals surface area contributed by atoms with Gasteiger partial charge in [-0.1, -0.05) is 6.92 Å². The summed E-state index contributed by atoms with van der Waals surface area (Å²) in [6.07, 6.45) is -3.24. The topological polar surface area (TPSA) is 34.2 Å². The second-order valence-corrected chi connectivity index (χ2v) is 3.98. The van der Waals surface area contributed by atoms with Gasteiger partial charge < -0.3 is 10.1 Å². The van der Waals surface area contributed by atoms with Crippen molar-refractivity contribution in [3.05, 3.63) is 23.6 Å².